The number of carbonyl (C=O) groups is 4. The van der Waals surface area contributed by atoms with Crippen molar-refractivity contribution in [1.82, 2.24) is 14.9 Å². The van der Waals surface area contributed by atoms with Gasteiger partial charge in [0, 0.05) is 46.5 Å². The lowest BCUT2D eigenvalue weighted by Gasteiger charge is -2.23. The highest BCUT2D eigenvalue weighted by atomic mass is 16.6. The molecule has 0 fully saturated rings. The van der Waals surface area contributed by atoms with E-state index in [9.17, 15) is 24.3 Å². The van der Waals surface area contributed by atoms with Crippen LogP contribution in [0, 0.1) is 0 Å². The Morgan fingerprint density at radius 2 is 1.71 bits per heavy atom. The lowest BCUT2D eigenvalue weighted by atomic mass is 10.0. The second kappa shape index (κ2) is 12.6. The fraction of sp³-hybridized carbons (Fsp3) is 0.235. The fourth-order valence-electron chi connectivity index (χ4n) is 5.07. The number of ether oxygens (including phenoxy) is 2. The van der Waals surface area contributed by atoms with Gasteiger partial charge in [-0.3, -0.25) is 4.79 Å². The average molecular weight is 611 g/mol. The minimum atomic E-state index is -1.14. The summed E-state index contributed by atoms with van der Waals surface area (Å²) in [6.07, 6.45) is 2.73. The number of fused-ring (bicyclic) bond motifs is 2. The molecule has 0 aliphatic carbocycles. The third-order valence-electron chi connectivity index (χ3n) is 7.07. The number of H-pyrrole nitrogens is 1. The van der Waals surface area contributed by atoms with Crippen molar-refractivity contribution in [2.75, 3.05) is 11.9 Å². The summed E-state index contributed by atoms with van der Waals surface area (Å²) in [7, 11) is 0. The Hall–Kier alpha value is -5.58. The van der Waals surface area contributed by atoms with E-state index < -0.39 is 35.6 Å². The van der Waals surface area contributed by atoms with Crippen LogP contribution in [0.25, 0.3) is 27.5 Å². The molecule has 0 aliphatic rings. The molecule has 2 amide bonds. The molecule has 0 aliphatic heterocycles. The van der Waals surface area contributed by atoms with Crippen LogP contribution >= 0.6 is 0 Å². The average Bonchev–Trinajstić information content (AvgIpc) is 3.57. The number of aromatic carboxylic acids is 1. The fourth-order valence-corrected chi connectivity index (χ4v) is 5.07. The molecule has 0 saturated carbocycles. The van der Waals surface area contributed by atoms with E-state index in [1.807, 2.05) is 24.3 Å². The van der Waals surface area contributed by atoms with Gasteiger partial charge in [0.25, 0.3) is 0 Å². The van der Waals surface area contributed by atoms with Gasteiger partial charge in [0.1, 0.15) is 11.6 Å². The van der Waals surface area contributed by atoms with Crippen LogP contribution in [-0.4, -0.2) is 56.8 Å². The highest BCUT2D eigenvalue weighted by Crippen LogP contribution is 2.29. The largest absolute Gasteiger partial charge is 0.478 e. The Balaban J connectivity index is 1.44. The predicted octanol–water partition coefficient (Wildman–Crippen LogP) is 6.06. The van der Waals surface area contributed by atoms with E-state index >= 15 is 0 Å². The zero-order valence-corrected chi connectivity index (χ0v) is 25.3. The molecule has 1 unspecified atom stereocenters. The number of nitrogens with zero attached hydrogens (tertiary/aromatic N) is 1. The van der Waals surface area contributed by atoms with Gasteiger partial charge in [0.2, 0.25) is 5.91 Å². The van der Waals surface area contributed by atoms with Crippen LogP contribution in [0.2, 0.25) is 0 Å². The summed E-state index contributed by atoms with van der Waals surface area (Å²) < 4.78 is 12.2. The van der Waals surface area contributed by atoms with Crippen LogP contribution in [0.15, 0.2) is 79.1 Å². The van der Waals surface area contributed by atoms with E-state index in [0.29, 0.717) is 27.8 Å². The Kier molecular flexibility index (Phi) is 8.62. The van der Waals surface area contributed by atoms with Crippen molar-refractivity contribution in [2.45, 2.75) is 45.8 Å². The molecular formula is C34H34N4O7. The normalized spacial score (nSPS) is 12.1. The van der Waals surface area contributed by atoms with Crippen LogP contribution in [0.3, 0.4) is 0 Å². The van der Waals surface area contributed by atoms with Gasteiger partial charge in [-0.15, -0.1) is 0 Å². The van der Waals surface area contributed by atoms with Crippen molar-refractivity contribution < 1.29 is 33.8 Å². The van der Waals surface area contributed by atoms with Gasteiger partial charge in [-0.05, 0) is 81.8 Å². The molecule has 0 spiro atoms. The number of anilines is 1. The zero-order valence-electron chi connectivity index (χ0n) is 25.3. The van der Waals surface area contributed by atoms with Crippen molar-refractivity contribution in [3.05, 3.63) is 95.8 Å². The predicted molar refractivity (Wildman–Crippen MR) is 170 cm³/mol. The molecule has 3 aromatic carbocycles. The lowest BCUT2D eigenvalue weighted by Crippen LogP contribution is -2.47. The van der Waals surface area contributed by atoms with Crippen LogP contribution < -0.4 is 10.6 Å². The molecule has 11 heteroatoms. The Labute approximate surface area is 259 Å². The van der Waals surface area contributed by atoms with E-state index in [-0.39, 0.29) is 18.6 Å². The van der Waals surface area contributed by atoms with E-state index in [1.54, 1.807) is 80.9 Å². The molecule has 1 atom stereocenters. The molecule has 5 aromatic rings. The highest BCUT2D eigenvalue weighted by Gasteiger charge is 2.26. The first-order chi connectivity index (χ1) is 21.4. The molecule has 2 aromatic heterocycles. The molecule has 45 heavy (non-hydrogen) atoms. The van der Waals surface area contributed by atoms with Gasteiger partial charge in [0.15, 0.2) is 0 Å². The summed E-state index contributed by atoms with van der Waals surface area (Å²) in [5.74, 6) is -2.09. The van der Waals surface area contributed by atoms with Gasteiger partial charge in [-0.1, -0.05) is 18.2 Å². The second-order valence-corrected chi connectivity index (χ2v) is 11.5. The number of carbonyl (C=O) groups excluding carboxylic acids is 3. The van der Waals surface area contributed by atoms with Gasteiger partial charge >= 0.3 is 18.0 Å². The topological polar surface area (TPSA) is 152 Å². The third kappa shape index (κ3) is 6.98. The Morgan fingerprint density at radius 3 is 2.40 bits per heavy atom. The number of hydrogen-bond acceptors (Lipinski definition) is 6. The molecular weight excluding hydrogens is 576 g/mol. The lowest BCUT2D eigenvalue weighted by molar-refractivity contribution is -0.118. The summed E-state index contributed by atoms with van der Waals surface area (Å²) in [6.45, 7) is 7.18. The maximum absolute atomic E-state index is 13.6. The number of benzene rings is 3. The number of amides is 2. The molecule has 0 radical (unpaired) electrons. The highest BCUT2D eigenvalue weighted by molar-refractivity contribution is 6.06. The number of aromatic nitrogens is 2. The first kappa shape index (κ1) is 30.9. The summed E-state index contributed by atoms with van der Waals surface area (Å²) in [6, 6.07) is 18.2. The van der Waals surface area contributed by atoms with Crippen molar-refractivity contribution >= 4 is 51.4 Å². The zero-order chi connectivity index (χ0) is 32.3. The van der Waals surface area contributed by atoms with Gasteiger partial charge in [-0.2, -0.15) is 0 Å². The smallest absolute Gasteiger partial charge is 0.408 e. The minimum absolute atomic E-state index is 0.0257. The Morgan fingerprint density at radius 1 is 0.978 bits per heavy atom. The summed E-state index contributed by atoms with van der Waals surface area (Å²) >= 11 is 0. The van der Waals surface area contributed by atoms with Crippen LogP contribution in [-0.2, 0) is 20.7 Å². The van der Waals surface area contributed by atoms with Crippen molar-refractivity contribution in [2.24, 2.45) is 0 Å². The SMILES string of the molecule is CCOC(=O)c1ccc(-n2cc(C(=O)O)c3cc(NC(=O)C(Cc4c[nH]c5ccccc45)NC(=O)OC(C)(C)C)ccc32)cc1. The molecule has 0 saturated heterocycles. The van der Waals surface area contributed by atoms with Crippen LogP contribution in [0.1, 0.15) is 54.0 Å². The standard InChI is InChI=1S/C34H34N4O7/c1-5-44-32(42)20-10-13-23(14-11-20)38-19-26(31(40)41)25-17-22(12-15-29(25)38)36-30(39)28(37-33(43)45-34(2,3)4)16-21-18-35-27-9-7-6-8-24(21)27/h6-15,17-19,28,35H,5,16H2,1-4H3,(H,36,39)(H,37,43)(H,40,41). The number of esters is 1. The number of hydrogen-bond donors (Lipinski definition) is 4. The van der Waals surface area contributed by atoms with Crippen LogP contribution in [0.5, 0.6) is 0 Å². The first-order valence-electron chi connectivity index (χ1n) is 14.4. The number of aromatic amines is 1. The molecule has 4 N–H and O–H groups in total. The van der Waals surface area contributed by atoms with E-state index in [2.05, 4.69) is 15.6 Å². The molecule has 0 bridgehead atoms. The van der Waals surface area contributed by atoms with Gasteiger partial charge < -0.3 is 34.8 Å². The van der Waals surface area contributed by atoms with Gasteiger partial charge in [0.05, 0.1) is 23.3 Å². The molecule has 5 rings (SSSR count). The number of alkyl carbamates (subject to hydrolysis) is 1. The summed E-state index contributed by atoms with van der Waals surface area (Å²) in [4.78, 5) is 53.8. The van der Waals surface area contributed by atoms with Gasteiger partial charge in [-0.25, -0.2) is 14.4 Å². The van der Waals surface area contributed by atoms with Crippen molar-refractivity contribution in [1.29, 1.82) is 0 Å². The van der Waals surface area contributed by atoms with E-state index in [4.69, 9.17) is 9.47 Å². The maximum atomic E-state index is 13.6. The Bertz CT molecular complexity index is 1900. The first-order valence-corrected chi connectivity index (χ1v) is 14.4. The monoisotopic (exact) mass is 610 g/mol. The minimum Gasteiger partial charge on any atom is -0.478 e. The summed E-state index contributed by atoms with van der Waals surface area (Å²) in [5.41, 5.74) is 2.93. The van der Waals surface area contributed by atoms with Crippen LogP contribution in [0.4, 0.5) is 10.5 Å². The number of carboxylic acids is 1. The van der Waals surface area contributed by atoms with Crippen molar-refractivity contribution in [3.63, 3.8) is 0 Å². The second-order valence-electron chi connectivity index (χ2n) is 11.5. The number of nitrogens with one attached hydrogen (secondary N) is 3. The molecule has 232 valence electrons. The number of rotatable bonds is 9. The quantitative estimate of drug-likeness (QED) is 0.148. The number of para-hydroxylation sites is 1. The molecule has 2 heterocycles. The van der Waals surface area contributed by atoms with Crippen molar-refractivity contribution in [3.8, 4) is 5.69 Å². The summed E-state index contributed by atoms with van der Waals surface area (Å²) in [5, 5.41) is 16.8. The maximum Gasteiger partial charge on any atom is 0.408 e. The number of carboxylic acid groups (broad SMARTS) is 1. The van der Waals surface area contributed by atoms with E-state index in [1.165, 1.54) is 6.20 Å². The third-order valence-corrected chi connectivity index (χ3v) is 7.07. The van der Waals surface area contributed by atoms with E-state index in [0.717, 1.165) is 16.5 Å². The molecule has 11 nitrogen and oxygen atoms in total.